The summed E-state index contributed by atoms with van der Waals surface area (Å²) < 4.78 is 34.4. The summed E-state index contributed by atoms with van der Waals surface area (Å²) in [6, 6.07) is 0. The zero-order valence-electron chi connectivity index (χ0n) is 62.4. The largest absolute Gasteiger partial charge is 0.756 e. The number of unbranched alkanes of at least 4 members (excludes halogenated alkanes) is 44. The van der Waals surface area contributed by atoms with Crippen molar-refractivity contribution < 1.29 is 42.1 Å². The van der Waals surface area contributed by atoms with Crippen molar-refractivity contribution in [2.75, 3.05) is 47.5 Å². The Morgan fingerprint density at radius 1 is 0.340 bits per heavy atom. The van der Waals surface area contributed by atoms with Gasteiger partial charge >= 0.3 is 11.9 Å². The number of phosphoric ester groups is 1. The van der Waals surface area contributed by atoms with Gasteiger partial charge in [0.25, 0.3) is 7.82 Å². The second-order valence-corrected chi connectivity index (χ2v) is 29.5. The number of hydrogen-bond donors (Lipinski definition) is 0. The van der Waals surface area contributed by atoms with Gasteiger partial charge in [0, 0.05) is 12.8 Å². The standard InChI is InChI=1S/C84H152NO8P/c1-6-8-10-12-14-16-18-20-22-24-26-28-30-32-34-36-38-40-42-44-46-48-50-52-54-56-58-60-62-64-66-68-70-72-74-76-83(86)90-80-82(81-92-94(88,89)91-79-78-85(3,4)5)93-84(87)77-75-73-71-69-67-65-63-61-59-57-55-53-51-49-47-45-43-41-39-37-35-33-31-29-27-25-23-21-19-17-15-13-11-9-7-2/h9,11,15,17,21,23-24,26-27,29,33,35,39,41,45,47,82H,6-8,10,12-14,16,18-20,22,25,28,30-32,34,36-38,40,42-44,46,48-81H2,1-5H3/b11-9-,17-15-,23-21-,26-24-,29-27-,35-33-,41-39-,47-45-. The molecule has 2 atom stereocenters. The van der Waals surface area contributed by atoms with E-state index in [2.05, 4.69) is 111 Å². The molecule has 0 aromatic rings. The van der Waals surface area contributed by atoms with E-state index in [9.17, 15) is 19.0 Å². The summed E-state index contributed by atoms with van der Waals surface area (Å²) in [6.45, 7) is 4.17. The number of hydrogen-bond acceptors (Lipinski definition) is 8. The van der Waals surface area contributed by atoms with E-state index >= 15 is 0 Å². The van der Waals surface area contributed by atoms with Gasteiger partial charge in [0.1, 0.15) is 19.8 Å². The van der Waals surface area contributed by atoms with Crippen molar-refractivity contribution in [1.29, 1.82) is 0 Å². The van der Waals surface area contributed by atoms with Crippen molar-refractivity contribution in [3.8, 4) is 0 Å². The molecule has 0 spiro atoms. The van der Waals surface area contributed by atoms with E-state index in [-0.39, 0.29) is 32.0 Å². The van der Waals surface area contributed by atoms with Crippen LogP contribution >= 0.6 is 7.82 Å². The van der Waals surface area contributed by atoms with Gasteiger partial charge in [-0.1, -0.05) is 361 Å². The fraction of sp³-hybridized carbons (Fsp3) is 0.786. The first-order chi connectivity index (χ1) is 46.0. The highest BCUT2D eigenvalue weighted by molar-refractivity contribution is 7.45. The van der Waals surface area contributed by atoms with Gasteiger partial charge < -0.3 is 27.9 Å². The van der Waals surface area contributed by atoms with Crippen LogP contribution in [0.1, 0.15) is 373 Å². The monoisotopic (exact) mass is 1330 g/mol. The number of rotatable bonds is 74. The SMILES string of the molecule is CC/C=C\C/C=C\C/C=C\C/C=C\C/C=C\C/C=C\C/C=C\CCCCCCCCCCCCCCCC(=O)OC(COC(=O)CCCCCCCCCCCCCCCCCCCCCCCCC/C=C\CCCCCCCCCC)COP(=O)([O-])OCC[N+](C)(C)C. The molecule has 0 rings (SSSR count). The molecule has 0 aliphatic carbocycles. The minimum Gasteiger partial charge on any atom is -0.756 e. The van der Waals surface area contributed by atoms with E-state index in [0.717, 1.165) is 83.5 Å². The summed E-state index contributed by atoms with van der Waals surface area (Å²) in [6.07, 6.45) is 104. The molecule has 0 N–H and O–H groups in total. The van der Waals surface area contributed by atoms with Gasteiger partial charge in [0.2, 0.25) is 0 Å². The van der Waals surface area contributed by atoms with Gasteiger partial charge in [0.05, 0.1) is 27.7 Å². The maximum atomic E-state index is 12.9. The lowest BCUT2D eigenvalue weighted by atomic mass is 10.0. The minimum atomic E-state index is -4.65. The van der Waals surface area contributed by atoms with Crippen molar-refractivity contribution in [2.24, 2.45) is 0 Å². The average molecular weight is 1340 g/mol. The van der Waals surface area contributed by atoms with Gasteiger partial charge in [-0.05, 0) is 96.3 Å². The summed E-state index contributed by atoms with van der Waals surface area (Å²) in [5, 5.41) is 0. The molecule has 0 aliphatic rings. The summed E-state index contributed by atoms with van der Waals surface area (Å²) in [5.74, 6) is -0.821. The van der Waals surface area contributed by atoms with E-state index in [0.29, 0.717) is 17.4 Å². The fourth-order valence-corrected chi connectivity index (χ4v) is 12.2. The van der Waals surface area contributed by atoms with Crippen molar-refractivity contribution in [3.05, 3.63) is 97.2 Å². The van der Waals surface area contributed by atoms with E-state index < -0.39 is 26.5 Å². The third-order valence-corrected chi connectivity index (χ3v) is 18.6. The molecule has 0 saturated carbocycles. The lowest BCUT2D eigenvalue weighted by Gasteiger charge is -2.28. The highest BCUT2D eigenvalue weighted by Crippen LogP contribution is 2.38. The van der Waals surface area contributed by atoms with Crippen molar-refractivity contribution in [1.82, 2.24) is 0 Å². The smallest absolute Gasteiger partial charge is 0.306 e. The molecule has 10 heteroatoms. The zero-order valence-corrected chi connectivity index (χ0v) is 63.3. The predicted octanol–water partition coefficient (Wildman–Crippen LogP) is 26.0. The molecular formula is C84H152NO8P. The first-order valence-corrected chi connectivity index (χ1v) is 41.4. The predicted molar refractivity (Wildman–Crippen MR) is 406 cm³/mol. The number of likely N-dealkylation sites (N-methyl/N-ethyl adjacent to an activating group) is 1. The molecule has 0 bridgehead atoms. The minimum absolute atomic E-state index is 0.0323. The zero-order chi connectivity index (χ0) is 68.3. The third kappa shape index (κ3) is 77.9. The van der Waals surface area contributed by atoms with Crippen LogP contribution in [0.15, 0.2) is 97.2 Å². The highest BCUT2D eigenvalue weighted by Gasteiger charge is 2.22. The number of quaternary nitrogens is 1. The Labute approximate surface area is 583 Å². The van der Waals surface area contributed by atoms with Crippen LogP contribution in [0.4, 0.5) is 0 Å². The number of nitrogens with zero attached hydrogens (tertiary/aromatic N) is 1. The summed E-state index contributed by atoms with van der Waals surface area (Å²) in [4.78, 5) is 38.2. The molecule has 2 unspecified atom stereocenters. The molecule has 9 nitrogen and oxygen atoms in total. The lowest BCUT2D eigenvalue weighted by molar-refractivity contribution is -0.870. The Morgan fingerprint density at radius 2 is 0.606 bits per heavy atom. The molecule has 0 aromatic carbocycles. The van der Waals surface area contributed by atoms with E-state index in [1.54, 1.807) is 0 Å². The summed E-state index contributed by atoms with van der Waals surface area (Å²) >= 11 is 0. The molecule has 546 valence electrons. The van der Waals surface area contributed by atoms with Gasteiger partial charge in [-0.2, -0.15) is 0 Å². The maximum Gasteiger partial charge on any atom is 0.306 e. The number of phosphoric acid groups is 1. The average Bonchev–Trinajstić information content (AvgIpc) is 1.68. The summed E-state index contributed by atoms with van der Waals surface area (Å²) in [7, 11) is 1.17. The second-order valence-electron chi connectivity index (χ2n) is 28.0. The van der Waals surface area contributed by atoms with E-state index in [4.69, 9.17) is 18.5 Å². The Balaban J connectivity index is 3.96. The van der Waals surface area contributed by atoms with Crippen molar-refractivity contribution >= 4 is 19.8 Å². The fourth-order valence-electron chi connectivity index (χ4n) is 11.5. The van der Waals surface area contributed by atoms with Crippen LogP contribution in [0, 0.1) is 0 Å². The van der Waals surface area contributed by atoms with Crippen LogP contribution in [0.25, 0.3) is 0 Å². The number of ether oxygens (including phenoxy) is 2. The van der Waals surface area contributed by atoms with Crippen LogP contribution in [0.3, 0.4) is 0 Å². The topological polar surface area (TPSA) is 111 Å². The van der Waals surface area contributed by atoms with Gasteiger partial charge in [-0.15, -0.1) is 0 Å². The third-order valence-electron chi connectivity index (χ3n) is 17.6. The molecule has 0 fully saturated rings. The Morgan fingerprint density at radius 3 is 0.915 bits per heavy atom. The van der Waals surface area contributed by atoms with Crippen LogP contribution in [-0.2, 0) is 32.7 Å². The van der Waals surface area contributed by atoms with Crippen molar-refractivity contribution in [2.45, 2.75) is 380 Å². The maximum absolute atomic E-state index is 12.9. The van der Waals surface area contributed by atoms with Gasteiger partial charge in [0.15, 0.2) is 6.10 Å². The number of allylic oxidation sites excluding steroid dienone is 16. The van der Waals surface area contributed by atoms with Crippen LogP contribution in [0.2, 0.25) is 0 Å². The normalized spacial score (nSPS) is 13.6. The van der Waals surface area contributed by atoms with Crippen molar-refractivity contribution in [3.63, 3.8) is 0 Å². The number of carbonyl (C=O) groups is 2. The molecule has 0 aliphatic heterocycles. The van der Waals surface area contributed by atoms with Gasteiger partial charge in [-0.25, -0.2) is 0 Å². The first-order valence-electron chi connectivity index (χ1n) is 39.9. The highest BCUT2D eigenvalue weighted by atomic mass is 31.2. The second kappa shape index (κ2) is 74.2. The molecular weight excluding hydrogens is 1180 g/mol. The molecule has 0 radical (unpaired) electrons. The quantitative estimate of drug-likeness (QED) is 0.0195. The molecule has 0 heterocycles. The van der Waals surface area contributed by atoms with Crippen LogP contribution in [0.5, 0.6) is 0 Å². The van der Waals surface area contributed by atoms with Crippen LogP contribution < -0.4 is 4.89 Å². The Bertz CT molecular complexity index is 1910. The van der Waals surface area contributed by atoms with E-state index in [1.165, 1.54) is 257 Å². The van der Waals surface area contributed by atoms with E-state index in [1.807, 2.05) is 21.1 Å². The number of esters is 2. The molecule has 0 saturated heterocycles. The van der Waals surface area contributed by atoms with Crippen LogP contribution in [-0.4, -0.2) is 70.0 Å². The molecule has 0 aromatic heterocycles. The number of carbonyl (C=O) groups excluding carboxylic acids is 2. The Kier molecular flexibility index (Phi) is 71.7. The molecule has 94 heavy (non-hydrogen) atoms. The molecule has 0 amide bonds. The Hall–Kier alpha value is -3.07. The lowest BCUT2D eigenvalue weighted by Crippen LogP contribution is -2.37. The van der Waals surface area contributed by atoms with Gasteiger partial charge in [-0.3, -0.25) is 14.2 Å². The first kappa shape index (κ1) is 90.9. The summed E-state index contributed by atoms with van der Waals surface area (Å²) in [5.41, 5.74) is 0.